The number of nitro groups is 1. The summed E-state index contributed by atoms with van der Waals surface area (Å²) in [5, 5.41) is 20.3. The van der Waals surface area contributed by atoms with Crippen LogP contribution in [-0.4, -0.2) is 16.1 Å². The van der Waals surface area contributed by atoms with E-state index in [0.29, 0.717) is 23.4 Å². The van der Waals surface area contributed by atoms with E-state index in [1.165, 1.54) is 12.1 Å². The number of aryl methyl sites for hydroxylation is 3. The molecule has 8 heteroatoms. The van der Waals surface area contributed by atoms with Crippen LogP contribution in [0.5, 0.6) is 0 Å². The van der Waals surface area contributed by atoms with Gasteiger partial charge in [0, 0.05) is 22.9 Å². The van der Waals surface area contributed by atoms with Gasteiger partial charge in [-0.1, -0.05) is 12.1 Å². The number of aromatic nitrogens is 1. The highest BCUT2D eigenvalue weighted by Gasteiger charge is 2.21. The molecule has 128 valence electrons. The maximum absolute atomic E-state index is 12.2. The molecule has 1 heterocycles. The van der Waals surface area contributed by atoms with Crippen molar-refractivity contribution in [2.45, 2.75) is 40.2 Å². The maximum Gasteiger partial charge on any atom is 0.319 e. The van der Waals surface area contributed by atoms with Crippen LogP contribution in [0.15, 0.2) is 22.7 Å². The summed E-state index contributed by atoms with van der Waals surface area (Å²) in [5.74, 6) is 0.672. The quantitative estimate of drug-likeness (QED) is 0.639. The zero-order valence-corrected chi connectivity index (χ0v) is 14.0. The van der Waals surface area contributed by atoms with E-state index in [1.807, 2.05) is 13.8 Å². The largest absolute Gasteiger partial charge is 0.361 e. The van der Waals surface area contributed by atoms with Gasteiger partial charge in [-0.3, -0.25) is 10.1 Å². The molecule has 1 aromatic carbocycles. The number of rotatable bonds is 5. The number of nitrogens with zero attached hydrogens (tertiary/aromatic N) is 2. The number of hydrogen-bond acceptors (Lipinski definition) is 5. The molecule has 0 aliphatic rings. The van der Waals surface area contributed by atoms with E-state index in [2.05, 4.69) is 15.8 Å². The highest BCUT2D eigenvalue weighted by atomic mass is 16.6. The Morgan fingerprint density at radius 1 is 1.38 bits per heavy atom. The first-order chi connectivity index (χ1) is 11.3. The molecule has 0 radical (unpaired) electrons. The van der Waals surface area contributed by atoms with Crippen molar-refractivity contribution >= 4 is 17.4 Å². The van der Waals surface area contributed by atoms with Gasteiger partial charge in [0.2, 0.25) is 0 Å². The minimum atomic E-state index is -0.455. The number of amides is 2. The van der Waals surface area contributed by atoms with Gasteiger partial charge in [0.25, 0.3) is 5.69 Å². The lowest BCUT2D eigenvalue weighted by Gasteiger charge is -2.17. The minimum absolute atomic E-state index is 0.0168. The molecule has 1 aromatic heterocycles. The van der Waals surface area contributed by atoms with Gasteiger partial charge >= 0.3 is 6.03 Å². The molecular formula is C16H20N4O4. The Hall–Kier alpha value is -2.90. The van der Waals surface area contributed by atoms with Crippen molar-refractivity contribution in [3.05, 3.63) is 50.9 Å². The van der Waals surface area contributed by atoms with Crippen LogP contribution in [0.1, 0.15) is 42.0 Å². The van der Waals surface area contributed by atoms with Crippen LogP contribution in [0, 0.1) is 30.9 Å². The van der Waals surface area contributed by atoms with E-state index in [0.717, 1.165) is 11.3 Å². The van der Waals surface area contributed by atoms with Crippen molar-refractivity contribution in [2.24, 2.45) is 0 Å². The molecule has 0 bridgehead atoms. The normalized spacial score (nSPS) is 11.8. The number of nitrogens with one attached hydrogen (secondary N) is 2. The van der Waals surface area contributed by atoms with Crippen LogP contribution < -0.4 is 10.6 Å². The number of hydrogen-bond donors (Lipinski definition) is 2. The first kappa shape index (κ1) is 17.5. The Bertz CT molecular complexity index is 750. The highest BCUT2D eigenvalue weighted by molar-refractivity contribution is 5.89. The molecule has 2 aromatic rings. The monoisotopic (exact) mass is 332 g/mol. The molecule has 2 rings (SSSR count). The van der Waals surface area contributed by atoms with E-state index < -0.39 is 11.0 Å². The second kappa shape index (κ2) is 7.12. The predicted molar refractivity (Wildman–Crippen MR) is 89.0 cm³/mol. The van der Waals surface area contributed by atoms with Crippen LogP contribution >= 0.6 is 0 Å². The lowest BCUT2D eigenvalue weighted by atomic mass is 10.0. The number of anilines is 1. The van der Waals surface area contributed by atoms with Crippen LogP contribution in [0.2, 0.25) is 0 Å². The Kier molecular flexibility index (Phi) is 5.18. The molecule has 0 saturated carbocycles. The number of benzene rings is 1. The summed E-state index contributed by atoms with van der Waals surface area (Å²) in [7, 11) is 0. The number of carbonyl (C=O) groups is 1. The van der Waals surface area contributed by atoms with Gasteiger partial charge < -0.3 is 15.2 Å². The molecule has 0 aliphatic carbocycles. The smallest absolute Gasteiger partial charge is 0.319 e. The van der Waals surface area contributed by atoms with Crippen LogP contribution in [0.3, 0.4) is 0 Å². The van der Waals surface area contributed by atoms with Crippen molar-refractivity contribution in [1.82, 2.24) is 10.5 Å². The second-order valence-electron chi connectivity index (χ2n) is 5.56. The van der Waals surface area contributed by atoms with Crippen molar-refractivity contribution in [3.8, 4) is 0 Å². The summed E-state index contributed by atoms with van der Waals surface area (Å²) in [4.78, 5) is 22.6. The van der Waals surface area contributed by atoms with Crippen molar-refractivity contribution < 1.29 is 14.2 Å². The Morgan fingerprint density at radius 3 is 2.58 bits per heavy atom. The van der Waals surface area contributed by atoms with E-state index >= 15 is 0 Å². The summed E-state index contributed by atoms with van der Waals surface area (Å²) < 4.78 is 5.14. The van der Waals surface area contributed by atoms with Crippen LogP contribution in [0.4, 0.5) is 16.2 Å². The van der Waals surface area contributed by atoms with E-state index in [9.17, 15) is 14.9 Å². The first-order valence-corrected chi connectivity index (χ1v) is 7.58. The lowest BCUT2D eigenvalue weighted by molar-refractivity contribution is -0.385. The minimum Gasteiger partial charge on any atom is -0.361 e. The molecule has 8 nitrogen and oxygen atoms in total. The molecule has 2 N–H and O–H groups in total. The Labute approximate surface area is 139 Å². The number of carbonyl (C=O) groups excluding carboxylic acids is 1. The summed E-state index contributed by atoms with van der Waals surface area (Å²) in [5.41, 5.74) is 2.60. The topological polar surface area (TPSA) is 110 Å². The second-order valence-corrected chi connectivity index (χ2v) is 5.56. The SMILES string of the molecule is CCC(NC(=O)Nc1ccc([N+](=O)[O-])c(C)c1)c1c(C)noc1C. The van der Waals surface area contributed by atoms with Crippen molar-refractivity contribution in [3.63, 3.8) is 0 Å². The molecular weight excluding hydrogens is 312 g/mol. The van der Waals surface area contributed by atoms with Gasteiger partial charge in [-0.05, 0) is 39.3 Å². The molecule has 1 unspecified atom stereocenters. The maximum atomic E-state index is 12.2. The number of urea groups is 1. The molecule has 24 heavy (non-hydrogen) atoms. The fourth-order valence-electron chi connectivity index (χ4n) is 2.63. The molecule has 1 atom stereocenters. The average Bonchev–Trinajstić information content (AvgIpc) is 2.84. The standard InChI is InChI=1S/C16H20N4O4/c1-5-13(15-10(3)19-24-11(15)4)18-16(21)17-12-6-7-14(20(22)23)9(2)8-12/h6-8,13H,5H2,1-4H3,(H2,17,18,21). The summed E-state index contributed by atoms with van der Waals surface area (Å²) >= 11 is 0. The highest BCUT2D eigenvalue weighted by Crippen LogP contribution is 2.25. The Morgan fingerprint density at radius 2 is 2.08 bits per heavy atom. The van der Waals surface area contributed by atoms with E-state index in [-0.39, 0.29) is 11.7 Å². The van der Waals surface area contributed by atoms with Gasteiger partial charge in [0.05, 0.1) is 16.7 Å². The summed E-state index contributed by atoms with van der Waals surface area (Å²) in [6.45, 7) is 7.21. The lowest BCUT2D eigenvalue weighted by Crippen LogP contribution is -2.32. The molecule has 0 fully saturated rings. The third-order valence-electron chi connectivity index (χ3n) is 3.80. The van der Waals surface area contributed by atoms with Gasteiger partial charge in [-0.2, -0.15) is 0 Å². The predicted octanol–water partition coefficient (Wildman–Crippen LogP) is 3.78. The molecule has 0 saturated heterocycles. The third kappa shape index (κ3) is 3.70. The van der Waals surface area contributed by atoms with Gasteiger partial charge in [-0.25, -0.2) is 4.79 Å². The fourth-order valence-corrected chi connectivity index (χ4v) is 2.63. The van der Waals surface area contributed by atoms with Crippen molar-refractivity contribution in [2.75, 3.05) is 5.32 Å². The van der Waals surface area contributed by atoms with E-state index in [4.69, 9.17) is 4.52 Å². The van der Waals surface area contributed by atoms with Gasteiger partial charge in [-0.15, -0.1) is 0 Å². The summed E-state index contributed by atoms with van der Waals surface area (Å²) in [6, 6.07) is 3.82. The number of nitro benzene ring substituents is 1. The fraction of sp³-hybridized carbons (Fsp3) is 0.375. The first-order valence-electron chi connectivity index (χ1n) is 7.58. The van der Waals surface area contributed by atoms with Gasteiger partial charge in [0.1, 0.15) is 5.76 Å². The zero-order chi connectivity index (χ0) is 17.9. The average molecular weight is 332 g/mol. The third-order valence-corrected chi connectivity index (χ3v) is 3.80. The van der Waals surface area contributed by atoms with E-state index in [1.54, 1.807) is 19.9 Å². The van der Waals surface area contributed by atoms with Crippen molar-refractivity contribution in [1.29, 1.82) is 0 Å². The Balaban J connectivity index is 2.10. The summed E-state index contributed by atoms with van der Waals surface area (Å²) in [6.07, 6.45) is 0.676. The van der Waals surface area contributed by atoms with Gasteiger partial charge in [0.15, 0.2) is 0 Å². The molecule has 0 aliphatic heterocycles. The van der Waals surface area contributed by atoms with Crippen LogP contribution in [-0.2, 0) is 0 Å². The zero-order valence-electron chi connectivity index (χ0n) is 14.0. The molecule has 2 amide bonds. The van der Waals surface area contributed by atoms with Crippen LogP contribution in [0.25, 0.3) is 0 Å². The molecule has 0 spiro atoms.